The predicted molar refractivity (Wildman–Crippen MR) is 77.8 cm³/mol. The van der Waals surface area contributed by atoms with Crippen LogP contribution in [0.1, 0.15) is 16.7 Å². The van der Waals surface area contributed by atoms with Crippen molar-refractivity contribution in [3.63, 3.8) is 0 Å². The van der Waals surface area contributed by atoms with E-state index in [1.807, 2.05) is 19.3 Å². The standard InChI is InChI=1S/C15H17ClN2/c1-11-4-5-14(12(2)8-11)18(3)15-10-17-7-6-13(15)9-16/h4-8,10H,9H2,1-3H3. The molecule has 1 heterocycles. The van der Waals surface area contributed by atoms with E-state index in [9.17, 15) is 0 Å². The maximum Gasteiger partial charge on any atom is 0.0639 e. The molecule has 2 nitrogen and oxygen atoms in total. The number of anilines is 2. The second-order valence-electron chi connectivity index (χ2n) is 4.49. The highest BCUT2D eigenvalue weighted by atomic mass is 35.5. The molecule has 3 heteroatoms. The summed E-state index contributed by atoms with van der Waals surface area (Å²) in [4.78, 5) is 6.33. The summed E-state index contributed by atoms with van der Waals surface area (Å²) in [7, 11) is 2.05. The van der Waals surface area contributed by atoms with Gasteiger partial charge in [-0.2, -0.15) is 0 Å². The van der Waals surface area contributed by atoms with Crippen LogP contribution in [-0.2, 0) is 5.88 Å². The minimum atomic E-state index is 0.493. The lowest BCUT2D eigenvalue weighted by Gasteiger charge is -2.23. The fraction of sp³-hybridized carbons (Fsp3) is 0.267. The Morgan fingerprint density at radius 2 is 1.94 bits per heavy atom. The van der Waals surface area contributed by atoms with Gasteiger partial charge in [0.15, 0.2) is 0 Å². The molecule has 1 aromatic carbocycles. The number of halogens is 1. The molecule has 0 aliphatic carbocycles. The van der Waals surface area contributed by atoms with E-state index >= 15 is 0 Å². The van der Waals surface area contributed by atoms with E-state index < -0.39 is 0 Å². The van der Waals surface area contributed by atoms with Crippen molar-refractivity contribution in [3.05, 3.63) is 53.3 Å². The quantitative estimate of drug-likeness (QED) is 0.769. The molecule has 0 bridgehead atoms. The van der Waals surface area contributed by atoms with E-state index in [1.54, 1.807) is 6.20 Å². The summed E-state index contributed by atoms with van der Waals surface area (Å²) in [6.07, 6.45) is 3.63. The van der Waals surface area contributed by atoms with Crippen molar-refractivity contribution >= 4 is 23.0 Å². The number of aryl methyl sites for hydroxylation is 2. The van der Waals surface area contributed by atoms with Crippen LogP contribution in [0.4, 0.5) is 11.4 Å². The van der Waals surface area contributed by atoms with Crippen molar-refractivity contribution in [1.29, 1.82) is 0 Å². The van der Waals surface area contributed by atoms with Gasteiger partial charge in [0.05, 0.1) is 11.9 Å². The summed E-state index contributed by atoms with van der Waals surface area (Å²) in [5, 5.41) is 0. The molecule has 2 rings (SSSR count). The number of hydrogen-bond donors (Lipinski definition) is 0. The van der Waals surface area contributed by atoms with Gasteiger partial charge in [0.25, 0.3) is 0 Å². The Labute approximate surface area is 113 Å². The highest BCUT2D eigenvalue weighted by molar-refractivity contribution is 6.17. The van der Waals surface area contributed by atoms with Gasteiger partial charge in [-0.25, -0.2) is 0 Å². The average Bonchev–Trinajstić information content (AvgIpc) is 2.38. The van der Waals surface area contributed by atoms with Gasteiger partial charge in [-0.05, 0) is 37.1 Å². The zero-order chi connectivity index (χ0) is 13.1. The Morgan fingerprint density at radius 1 is 1.17 bits per heavy atom. The summed E-state index contributed by atoms with van der Waals surface area (Å²) >= 11 is 5.97. The highest BCUT2D eigenvalue weighted by Gasteiger charge is 2.10. The first-order chi connectivity index (χ1) is 8.63. The molecule has 0 fully saturated rings. The molecule has 94 valence electrons. The molecule has 0 saturated carbocycles. The van der Waals surface area contributed by atoms with Crippen molar-refractivity contribution in [2.45, 2.75) is 19.7 Å². The molecule has 2 aromatic rings. The van der Waals surface area contributed by atoms with Crippen LogP contribution >= 0.6 is 11.6 Å². The number of hydrogen-bond acceptors (Lipinski definition) is 2. The maximum absolute atomic E-state index is 5.97. The first kappa shape index (κ1) is 12.9. The molecule has 0 radical (unpaired) electrons. The van der Waals surface area contributed by atoms with Crippen LogP contribution in [0.3, 0.4) is 0 Å². The zero-order valence-electron chi connectivity index (χ0n) is 10.9. The summed E-state index contributed by atoms with van der Waals surface area (Å²) in [6, 6.07) is 8.40. The number of nitrogens with zero attached hydrogens (tertiary/aromatic N) is 2. The van der Waals surface area contributed by atoms with Gasteiger partial charge in [0, 0.05) is 24.8 Å². The molecule has 0 saturated heterocycles. The van der Waals surface area contributed by atoms with Gasteiger partial charge in [-0.1, -0.05) is 17.7 Å². The van der Waals surface area contributed by atoms with Crippen molar-refractivity contribution in [1.82, 2.24) is 4.98 Å². The van der Waals surface area contributed by atoms with Gasteiger partial charge < -0.3 is 4.90 Å². The molecule has 0 aliphatic rings. The average molecular weight is 261 g/mol. The summed E-state index contributed by atoms with van der Waals surface area (Å²) in [5.74, 6) is 0.493. The van der Waals surface area contributed by atoms with Crippen molar-refractivity contribution < 1.29 is 0 Å². The zero-order valence-corrected chi connectivity index (χ0v) is 11.7. The molecule has 0 amide bonds. The molecular formula is C15H17ClN2. The predicted octanol–water partition coefficient (Wildman–Crippen LogP) is 4.21. The molecule has 0 aliphatic heterocycles. The lowest BCUT2D eigenvalue weighted by molar-refractivity contribution is 1.12. The molecule has 0 atom stereocenters. The Kier molecular flexibility index (Phi) is 3.87. The second kappa shape index (κ2) is 5.40. The van der Waals surface area contributed by atoms with Crippen LogP contribution in [0.25, 0.3) is 0 Å². The van der Waals surface area contributed by atoms with Crippen LogP contribution in [0.2, 0.25) is 0 Å². The third-order valence-electron chi connectivity index (χ3n) is 3.11. The monoisotopic (exact) mass is 260 g/mol. The minimum absolute atomic E-state index is 0.493. The normalized spacial score (nSPS) is 10.4. The number of rotatable bonds is 3. The lowest BCUT2D eigenvalue weighted by Crippen LogP contribution is -2.13. The molecule has 0 spiro atoms. The number of benzene rings is 1. The maximum atomic E-state index is 5.97. The van der Waals surface area contributed by atoms with Gasteiger partial charge in [-0.15, -0.1) is 11.6 Å². The third-order valence-corrected chi connectivity index (χ3v) is 3.39. The van der Waals surface area contributed by atoms with Crippen molar-refractivity contribution in [2.24, 2.45) is 0 Å². The molecule has 0 N–H and O–H groups in total. The Hall–Kier alpha value is -1.54. The van der Waals surface area contributed by atoms with Crippen LogP contribution in [0.15, 0.2) is 36.7 Å². The Balaban J connectivity index is 2.44. The smallest absolute Gasteiger partial charge is 0.0639 e. The summed E-state index contributed by atoms with van der Waals surface area (Å²) < 4.78 is 0. The van der Waals surface area contributed by atoms with Crippen molar-refractivity contribution in [2.75, 3.05) is 11.9 Å². The highest BCUT2D eigenvalue weighted by Crippen LogP contribution is 2.29. The van der Waals surface area contributed by atoms with Crippen LogP contribution in [0, 0.1) is 13.8 Å². The van der Waals surface area contributed by atoms with E-state index in [2.05, 4.69) is 41.9 Å². The van der Waals surface area contributed by atoms with Gasteiger partial charge >= 0.3 is 0 Å². The number of aromatic nitrogens is 1. The molecule has 18 heavy (non-hydrogen) atoms. The van der Waals surface area contributed by atoms with E-state index in [0.29, 0.717) is 5.88 Å². The lowest BCUT2D eigenvalue weighted by atomic mass is 10.1. The number of alkyl halides is 1. The SMILES string of the molecule is Cc1ccc(N(C)c2cnccc2CCl)c(C)c1. The molecule has 0 unspecified atom stereocenters. The fourth-order valence-corrected chi connectivity index (χ4v) is 2.37. The topological polar surface area (TPSA) is 16.1 Å². The fourth-order valence-electron chi connectivity index (χ4n) is 2.14. The Morgan fingerprint density at radius 3 is 2.61 bits per heavy atom. The first-order valence-electron chi connectivity index (χ1n) is 5.93. The van der Waals surface area contributed by atoms with Crippen LogP contribution in [-0.4, -0.2) is 12.0 Å². The van der Waals surface area contributed by atoms with E-state index in [4.69, 9.17) is 11.6 Å². The Bertz CT molecular complexity index is 552. The van der Waals surface area contributed by atoms with Gasteiger partial charge in [-0.3, -0.25) is 4.98 Å². The molecule has 1 aromatic heterocycles. The van der Waals surface area contributed by atoms with Gasteiger partial charge in [0.2, 0.25) is 0 Å². The third kappa shape index (κ3) is 2.49. The van der Waals surface area contributed by atoms with Crippen LogP contribution in [0.5, 0.6) is 0 Å². The largest absolute Gasteiger partial charge is 0.343 e. The van der Waals surface area contributed by atoms with Crippen molar-refractivity contribution in [3.8, 4) is 0 Å². The first-order valence-corrected chi connectivity index (χ1v) is 6.46. The van der Waals surface area contributed by atoms with E-state index in [1.165, 1.54) is 16.8 Å². The second-order valence-corrected chi connectivity index (χ2v) is 4.75. The van der Waals surface area contributed by atoms with Crippen LogP contribution < -0.4 is 4.90 Å². The van der Waals surface area contributed by atoms with E-state index in [-0.39, 0.29) is 0 Å². The summed E-state index contributed by atoms with van der Waals surface area (Å²) in [5.41, 5.74) is 5.85. The summed E-state index contributed by atoms with van der Waals surface area (Å²) in [6.45, 7) is 4.22. The minimum Gasteiger partial charge on any atom is -0.343 e. The van der Waals surface area contributed by atoms with Gasteiger partial charge in [0.1, 0.15) is 0 Å². The molecular weight excluding hydrogens is 244 g/mol. The van der Waals surface area contributed by atoms with E-state index in [0.717, 1.165) is 11.3 Å². The number of pyridine rings is 1.